The Labute approximate surface area is 109 Å². The number of nitrogens with one attached hydrogen (secondary N) is 1. The fourth-order valence-electron chi connectivity index (χ4n) is 2.06. The van der Waals surface area contributed by atoms with Crippen LogP contribution in [0.3, 0.4) is 0 Å². The topological polar surface area (TPSA) is 78.7 Å². The van der Waals surface area contributed by atoms with Gasteiger partial charge in [-0.05, 0) is 12.0 Å². The van der Waals surface area contributed by atoms with Crippen molar-refractivity contribution < 1.29 is 0 Å². The summed E-state index contributed by atoms with van der Waals surface area (Å²) in [6.07, 6.45) is 2.00. The van der Waals surface area contributed by atoms with Crippen molar-refractivity contribution in [3.63, 3.8) is 0 Å². The van der Waals surface area contributed by atoms with E-state index in [0.717, 1.165) is 5.56 Å². The molecule has 1 aromatic carbocycles. The molecule has 19 heavy (non-hydrogen) atoms. The van der Waals surface area contributed by atoms with E-state index in [1.54, 1.807) is 6.07 Å². The Morgan fingerprint density at radius 3 is 2.58 bits per heavy atom. The van der Waals surface area contributed by atoms with Gasteiger partial charge in [0.05, 0.1) is 6.04 Å². The number of H-pyrrole nitrogens is 1. The van der Waals surface area contributed by atoms with Gasteiger partial charge in [0.2, 0.25) is 0 Å². The third kappa shape index (κ3) is 2.47. The normalized spacial score (nSPS) is 11.8. The van der Waals surface area contributed by atoms with E-state index in [4.69, 9.17) is 5.26 Å². The zero-order valence-electron chi connectivity index (χ0n) is 10.5. The van der Waals surface area contributed by atoms with Crippen LogP contribution in [0.1, 0.15) is 30.5 Å². The molecule has 0 fully saturated rings. The van der Waals surface area contributed by atoms with E-state index >= 15 is 0 Å². The second-order valence-electron chi connectivity index (χ2n) is 4.16. The van der Waals surface area contributed by atoms with E-state index in [1.807, 2.05) is 37.3 Å². The van der Waals surface area contributed by atoms with Gasteiger partial charge in [-0.25, -0.2) is 4.79 Å². The molecule has 0 aliphatic rings. The van der Waals surface area contributed by atoms with E-state index in [1.165, 1.54) is 10.8 Å². The quantitative estimate of drug-likeness (QED) is 0.900. The minimum atomic E-state index is -0.647. The van der Waals surface area contributed by atoms with Gasteiger partial charge in [-0.2, -0.15) is 5.26 Å². The predicted octanol–water partition coefficient (Wildman–Crippen LogP) is 1.41. The van der Waals surface area contributed by atoms with Crippen LogP contribution in [0, 0.1) is 11.3 Å². The van der Waals surface area contributed by atoms with Gasteiger partial charge in [0.1, 0.15) is 11.6 Å². The first kappa shape index (κ1) is 12.8. The van der Waals surface area contributed by atoms with Gasteiger partial charge < -0.3 is 0 Å². The minimum absolute atomic E-state index is 0.0611. The maximum atomic E-state index is 11.9. The summed E-state index contributed by atoms with van der Waals surface area (Å²) in [5.74, 6) is 0. The highest BCUT2D eigenvalue weighted by atomic mass is 16.2. The fourth-order valence-corrected chi connectivity index (χ4v) is 2.06. The maximum absolute atomic E-state index is 11.9. The summed E-state index contributed by atoms with van der Waals surface area (Å²) in [4.78, 5) is 25.4. The van der Waals surface area contributed by atoms with E-state index in [-0.39, 0.29) is 11.6 Å². The average Bonchev–Trinajstić information content (AvgIpc) is 2.43. The lowest BCUT2D eigenvalue weighted by molar-refractivity contribution is 0.533. The molecule has 0 bridgehead atoms. The van der Waals surface area contributed by atoms with Crippen molar-refractivity contribution in [3.05, 3.63) is 68.5 Å². The number of nitriles is 1. The number of aromatic nitrogens is 2. The molecule has 1 atom stereocenters. The van der Waals surface area contributed by atoms with Crippen LogP contribution in [0.4, 0.5) is 0 Å². The van der Waals surface area contributed by atoms with Crippen LogP contribution in [-0.4, -0.2) is 9.55 Å². The number of benzene rings is 1. The lowest BCUT2D eigenvalue weighted by Gasteiger charge is -2.18. The molecule has 1 aromatic heterocycles. The van der Waals surface area contributed by atoms with Crippen molar-refractivity contribution in [2.24, 2.45) is 0 Å². The van der Waals surface area contributed by atoms with Crippen molar-refractivity contribution in [1.29, 1.82) is 5.26 Å². The van der Waals surface area contributed by atoms with Crippen molar-refractivity contribution in [2.45, 2.75) is 19.4 Å². The summed E-state index contributed by atoms with van der Waals surface area (Å²) in [6.45, 7) is 1.95. The van der Waals surface area contributed by atoms with Crippen LogP contribution in [-0.2, 0) is 0 Å². The van der Waals surface area contributed by atoms with Crippen molar-refractivity contribution in [3.8, 4) is 6.07 Å². The van der Waals surface area contributed by atoms with Crippen molar-refractivity contribution in [2.75, 3.05) is 0 Å². The van der Waals surface area contributed by atoms with Crippen molar-refractivity contribution in [1.82, 2.24) is 9.55 Å². The van der Waals surface area contributed by atoms with Gasteiger partial charge in [0.25, 0.3) is 5.56 Å². The standard InChI is InChI=1S/C14H13N3O2/c1-2-12(10-6-4-3-5-7-10)17-9-11(8-15)13(18)16-14(17)19/h3-7,9,12H,2H2,1H3,(H,16,18,19). The van der Waals surface area contributed by atoms with Crippen LogP contribution in [0.2, 0.25) is 0 Å². The van der Waals surface area contributed by atoms with Gasteiger partial charge in [-0.1, -0.05) is 37.3 Å². The molecule has 0 saturated heterocycles. The van der Waals surface area contributed by atoms with Gasteiger partial charge in [0.15, 0.2) is 0 Å². The highest BCUT2D eigenvalue weighted by Crippen LogP contribution is 2.19. The lowest BCUT2D eigenvalue weighted by atomic mass is 10.0. The minimum Gasteiger partial charge on any atom is -0.292 e. The molecule has 2 rings (SSSR count). The Bertz CT molecular complexity index is 723. The SMILES string of the molecule is CCC(c1ccccc1)n1cc(C#N)c(=O)[nH]c1=O. The number of hydrogen-bond donors (Lipinski definition) is 1. The molecule has 5 nitrogen and oxygen atoms in total. The Balaban J connectivity index is 2.60. The van der Waals surface area contributed by atoms with Crippen LogP contribution in [0.25, 0.3) is 0 Å². The van der Waals surface area contributed by atoms with Gasteiger partial charge in [-0.3, -0.25) is 14.3 Å². The van der Waals surface area contributed by atoms with Crippen LogP contribution in [0.15, 0.2) is 46.1 Å². The molecule has 0 amide bonds. The van der Waals surface area contributed by atoms with Crippen molar-refractivity contribution >= 4 is 0 Å². The lowest BCUT2D eigenvalue weighted by Crippen LogP contribution is -2.33. The molecule has 2 aromatic rings. The summed E-state index contributed by atoms with van der Waals surface area (Å²) in [5, 5.41) is 8.87. The Morgan fingerprint density at radius 2 is 2.00 bits per heavy atom. The Hall–Kier alpha value is -2.61. The summed E-state index contributed by atoms with van der Waals surface area (Å²) in [5.41, 5.74) is -0.247. The molecule has 1 unspecified atom stereocenters. The molecule has 1 N–H and O–H groups in total. The van der Waals surface area contributed by atoms with Gasteiger partial charge in [0, 0.05) is 6.20 Å². The molecule has 96 valence electrons. The maximum Gasteiger partial charge on any atom is 0.328 e. The highest BCUT2D eigenvalue weighted by molar-refractivity contribution is 5.24. The first-order chi connectivity index (χ1) is 9.17. The van der Waals surface area contributed by atoms with E-state index in [0.29, 0.717) is 6.42 Å². The molecular weight excluding hydrogens is 242 g/mol. The smallest absolute Gasteiger partial charge is 0.292 e. The number of rotatable bonds is 3. The molecular formula is C14H13N3O2. The zero-order chi connectivity index (χ0) is 13.8. The fraction of sp³-hybridized carbons (Fsp3) is 0.214. The third-order valence-corrected chi connectivity index (χ3v) is 3.00. The molecule has 1 heterocycles. The van der Waals surface area contributed by atoms with Gasteiger partial charge >= 0.3 is 5.69 Å². The molecule has 0 spiro atoms. The highest BCUT2D eigenvalue weighted by Gasteiger charge is 2.14. The van der Waals surface area contributed by atoms with Crippen LogP contribution >= 0.6 is 0 Å². The van der Waals surface area contributed by atoms with Crippen LogP contribution < -0.4 is 11.2 Å². The number of nitrogens with zero attached hydrogens (tertiary/aromatic N) is 2. The second kappa shape index (κ2) is 5.36. The Morgan fingerprint density at radius 1 is 1.32 bits per heavy atom. The first-order valence-corrected chi connectivity index (χ1v) is 5.98. The summed E-state index contributed by atoms with van der Waals surface area (Å²) >= 11 is 0. The van der Waals surface area contributed by atoms with E-state index in [9.17, 15) is 9.59 Å². The first-order valence-electron chi connectivity index (χ1n) is 5.98. The van der Waals surface area contributed by atoms with Crippen LogP contribution in [0.5, 0.6) is 0 Å². The monoisotopic (exact) mass is 255 g/mol. The second-order valence-corrected chi connectivity index (χ2v) is 4.16. The van der Waals surface area contributed by atoms with Gasteiger partial charge in [-0.15, -0.1) is 0 Å². The number of aromatic amines is 1. The third-order valence-electron chi connectivity index (χ3n) is 3.00. The average molecular weight is 255 g/mol. The molecule has 0 radical (unpaired) electrons. The molecule has 0 aliphatic heterocycles. The Kier molecular flexibility index (Phi) is 3.62. The summed E-state index contributed by atoms with van der Waals surface area (Å²) < 4.78 is 1.40. The molecule has 0 aliphatic carbocycles. The molecule has 0 saturated carbocycles. The number of hydrogen-bond acceptors (Lipinski definition) is 3. The van der Waals surface area contributed by atoms with E-state index in [2.05, 4.69) is 4.98 Å². The zero-order valence-corrected chi connectivity index (χ0v) is 10.5. The summed E-state index contributed by atoms with van der Waals surface area (Å²) in [7, 11) is 0. The van der Waals surface area contributed by atoms with E-state index < -0.39 is 11.2 Å². The summed E-state index contributed by atoms with van der Waals surface area (Å²) in [6, 6.07) is 11.1. The molecule has 5 heteroatoms. The largest absolute Gasteiger partial charge is 0.328 e. The predicted molar refractivity (Wildman–Crippen MR) is 70.9 cm³/mol.